The summed E-state index contributed by atoms with van der Waals surface area (Å²) in [6.45, 7) is 0.614. The van der Waals surface area contributed by atoms with E-state index in [1.54, 1.807) is 11.8 Å². The first-order chi connectivity index (χ1) is 8.06. The Balaban J connectivity index is 2.48. The molecule has 7 heteroatoms. The smallest absolute Gasteiger partial charge is 0.326 e. The molecule has 1 amide bonds. The summed E-state index contributed by atoms with van der Waals surface area (Å²) in [5.74, 6) is -1.10. The van der Waals surface area contributed by atoms with E-state index in [4.69, 9.17) is 15.6 Å². The Morgan fingerprint density at radius 1 is 1.59 bits per heavy atom. The standard InChI is InChI=1S/C10H18N2O4S/c1-17-3-2-8(10(14)15)12-9(13)6-4-16-5-7(6)11/h6-8H,2-5,11H2,1H3,(H,12,13)(H,14,15)/t6?,7?,8-/m0/s1. The lowest BCUT2D eigenvalue weighted by Crippen LogP contribution is -2.48. The van der Waals surface area contributed by atoms with E-state index in [1.165, 1.54) is 0 Å². The van der Waals surface area contributed by atoms with Gasteiger partial charge < -0.3 is 20.9 Å². The minimum Gasteiger partial charge on any atom is -0.480 e. The lowest BCUT2D eigenvalue weighted by atomic mass is 10.0. The number of aliphatic carboxylic acids is 1. The SMILES string of the molecule is CSCC[C@H](NC(=O)C1COCC1N)C(=O)O. The third-order valence-corrected chi connectivity index (χ3v) is 3.33. The lowest BCUT2D eigenvalue weighted by molar-refractivity contribution is -0.142. The number of thioether (sulfide) groups is 1. The van der Waals surface area contributed by atoms with E-state index in [0.29, 0.717) is 18.8 Å². The molecule has 0 bridgehead atoms. The molecular formula is C10H18N2O4S. The van der Waals surface area contributed by atoms with Crippen molar-refractivity contribution in [3.05, 3.63) is 0 Å². The van der Waals surface area contributed by atoms with Crippen LogP contribution in [0.2, 0.25) is 0 Å². The van der Waals surface area contributed by atoms with Gasteiger partial charge in [0.1, 0.15) is 6.04 Å². The molecule has 0 radical (unpaired) electrons. The fraction of sp³-hybridized carbons (Fsp3) is 0.800. The van der Waals surface area contributed by atoms with Crippen molar-refractivity contribution in [2.75, 3.05) is 25.2 Å². The van der Waals surface area contributed by atoms with Crippen LogP contribution in [-0.4, -0.2) is 54.3 Å². The molecule has 1 fully saturated rings. The predicted molar refractivity (Wildman–Crippen MR) is 64.8 cm³/mol. The van der Waals surface area contributed by atoms with Crippen molar-refractivity contribution in [2.24, 2.45) is 11.7 Å². The molecule has 0 spiro atoms. The van der Waals surface area contributed by atoms with Gasteiger partial charge in [0.15, 0.2) is 0 Å². The molecular weight excluding hydrogens is 244 g/mol. The highest BCUT2D eigenvalue weighted by Crippen LogP contribution is 2.12. The average Bonchev–Trinajstić information content (AvgIpc) is 2.70. The van der Waals surface area contributed by atoms with Crippen LogP contribution in [0.1, 0.15) is 6.42 Å². The molecule has 1 aliphatic heterocycles. The van der Waals surface area contributed by atoms with Crippen LogP contribution in [0.5, 0.6) is 0 Å². The number of carbonyl (C=O) groups excluding carboxylic acids is 1. The molecule has 0 aromatic carbocycles. The molecule has 1 rings (SSSR count). The molecule has 1 saturated heterocycles. The van der Waals surface area contributed by atoms with Gasteiger partial charge in [0.05, 0.1) is 19.1 Å². The lowest BCUT2D eigenvalue weighted by Gasteiger charge is -2.18. The maximum absolute atomic E-state index is 11.8. The van der Waals surface area contributed by atoms with Crippen molar-refractivity contribution < 1.29 is 19.4 Å². The third kappa shape index (κ3) is 4.18. The number of carboxylic acid groups (broad SMARTS) is 1. The number of hydrogen-bond donors (Lipinski definition) is 3. The first-order valence-corrected chi connectivity index (χ1v) is 6.81. The molecule has 0 saturated carbocycles. The van der Waals surface area contributed by atoms with Crippen molar-refractivity contribution in [1.29, 1.82) is 0 Å². The molecule has 98 valence electrons. The highest BCUT2D eigenvalue weighted by Gasteiger charge is 2.33. The summed E-state index contributed by atoms with van der Waals surface area (Å²) < 4.78 is 5.08. The van der Waals surface area contributed by atoms with Crippen LogP contribution in [0.15, 0.2) is 0 Å². The van der Waals surface area contributed by atoms with Crippen LogP contribution < -0.4 is 11.1 Å². The number of hydrogen-bond acceptors (Lipinski definition) is 5. The van der Waals surface area contributed by atoms with E-state index in [9.17, 15) is 9.59 Å². The first-order valence-electron chi connectivity index (χ1n) is 5.41. The van der Waals surface area contributed by atoms with Gasteiger partial charge in [-0.2, -0.15) is 11.8 Å². The number of amides is 1. The molecule has 3 atom stereocenters. The van der Waals surface area contributed by atoms with E-state index < -0.39 is 17.9 Å². The molecule has 1 aliphatic rings. The Bertz CT molecular complexity index is 287. The summed E-state index contributed by atoms with van der Waals surface area (Å²) in [5, 5.41) is 11.5. The van der Waals surface area contributed by atoms with Crippen molar-refractivity contribution in [3.8, 4) is 0 Å². The topological polar surface area (TPSA) is 102 Å². The second-order valence-electron chi connectivity index (χ2n) is 3.99. The van der Waals surface area contributed by atoms with E-state index in [1.807, 2.05) is 6.26 Å². The summed E-state index contributed by atoms with van der Waals surface area (Å²) in [6, 6.07) is -1.19. The Morgan fingerprint density at radius 3 is 2.76 bits per heavy atom. The van der Waals surface area contributed by atoms with Gasteiger partial charge in [-0.15, -0.1) is 0 Å². The third-order valence-electron chi connectivity index (χ3n) is 2.69. The number of ether oxygens (including phenoxy) is 1. The number of carbonyl (C=O) groups is 2. The largest absolute Gasteiger partial charge is 0.480 e. The van der Waals surface area contributed by atoms with Gasteiger partial charge in [0, 0.05) is 6.04 Å². The predicted octanol–water partition coefficient (Wildman–Crippen LogP) is -0.717. The van der Waals surface area contributed by atoms with Crippen LogP contribution in [0.25, 0.3) is 0 Å². The van der Waals surface area contributed by atoms with E-state index in [0.717, 1.165) is 0 Å². The van der Waals surface area contributed by atoms with Crippen LogP contribution in [0.4, 0.5) is 0 Å². The second kappa shape index (κ2) is 6.83. The molecule has 2 unspecified atom stereocenters. The zero-order valence-corrected chi connectivity index (χ0v) is 10.5. The number of carboxylic acids is 1. The van der Waals surface area contributed by atoms with Crippen molar-refractivity contribution >= 4 is 23.6 Å². The molecule has 0 aromatic heterocycles. The zero-order valence-electron chi connectivity index (χ0n) is 9.72. The fourth-order valence-electron chi connectivity index (χ4n) is 1.61. The zero-order chi connectivity index (χ0) is 12.8. The quantitative estimate of drug-likeness (QED) is 0.584. The molecule has 0 aromatic rings. The molecule has 1 heterocycles. The van der Waals surface area contributed by atoms with E-state index in [-0.39, 0.29) is 18.6 Å². The number of nitrogens with two attached hydrogens (primary N) is 1. The van der Waals surface area contributed by atoms with Crippen molar-refractivity contribution in [2.45, 2.75) is 18.5 Å². The molecule has 0 aliphatic carbocycles. The van der Waals surface area contributed by atoms with Gasteiger partial charge in [0.25, 0.3) is 0 Å². The number of rotatable bonds is 6. The van der Waals surface area contributed by atoms with Crippen molar-refractivity contribution in [3.63, 3.8) is 0 Å². The Kier molecular flexibility index (Phi) is 5.73. The van der Waals surface area contributed by atoms with Crippen LogP contribution in [-0.2, 0) is 14.3 Å². The summed E-state index contributed by atoms with van der Waals surface area (Å²) >= 11 is 1.54. The van der Waals surface area contributed by atoms with E-state index >= 15 is 0 Å². The van der Waals surface area contributed by atoms with Gasteiger partial charge in [0.2, 0.25) is 5.91 Å². The Hall–Kier alpha value is -0.790. The normalized spacial score (nSPS) is 25.5. The first kappa shape index (κ1) is 14.3. The Morgan fingerprint density at radius 2 is 2.29 bits per heavy atom. The maximum Gasteiger partial charge on any atom is 0.326 e. The van der Waals surface area contributed by atoms with E-state index in [2.05, 4.69) is 5.32 Å². The van der Waals surface area contributed by atoms with Crippen molar-refractivity contribution in [1.82, 2.24) is 5.32 Å². The second-order valence-corrected chi connectivity index (χ2v) is 4.97. The summed E-state index contributed by atoms with van der Waals surface area (Å²) in [5.41, 5.74) is 5.69. The van der Waals surface area contributed by atoms with Gasteiger partial charge in [-0.1, -0.05) is 0 Å². The van der Waals surface area contributed by atoms with Gasteiger partial charge >= 0.3 is 5.97 Å². The van der Waals surface area contributed by atoms with Gasteiger partial charge in [-0.25, -0.2) is 4.79 Å². The molecule has 17 heavy (non-hydrogen) atoms. The number of nitrogens with one attached hydrogen (secondary N) is 1. The molecule has 4 N–H and O–H groups in total. The van der Waals surface area contributed by atoms with Crippen LogP contribution in [0, 0.1) is 5.92 Å². The molecule has 6 nitrogen and oxygen atoms in total. The Labute approximate surface area is 104 Å². The maximum atomic E-state index is 11.8. The minimum atomic E-state index is -1.01. The average molecular weight is 262 g/mol. The highest BCUT2D eigenvalue weighted by molar-refractivity contribution is 7.98. The fourth-order valence-corrected chi connectivity index (χ4v) is 2.08. The highest BCUT2D eigenvalue weighted by atomic mass is 32.2. The minimum absolute atomic E-state index is 0.266. The van der Waals surface area contributed by atoms with Gasteiger partial charge in [-0.3, -0.25) is 4.79 Å². The van der Waals surface area contributed by atoms with Crippen LogP contribution >= 0.6 is 11.8 Å². The monoisotopic (exact) mass is 262 g/mol. The summed E-state index contributed by atoms with van der Waals surface area (Å²) in [4.78, 5) is 22.7. The van der Waals surface area contributed by atoms with Crippen LogP contribution in [0.3, 0.4) is 0 Å². The van der Waals surface area contributed by atoms with Gasteiger partial charge in [-0.05, 0) is 18.4 Å². The summed E-state index contributed by atoms with van der Waals surface area (Å²) in [6.07, 6.45) is 2.30. The summed E-state index contributed by atoms with van der Waals surface area (Å²) in [7, 11) is 0.